The number of aromatic amines is 1. The van der Waals surface area contributed by atoms with Crippen LogP contribution >= 0.6 is 0 Å². The first-order valence-corrected chi connectivity index (χ1v) is 5.69. The molecule has 1 aromatic heterocycles. The van der Waals surface area contributed by atoms with Crippen molar-refractivity contribution in [1.82, 2.24) is 15.5 Å². The zero-order chi connectivity index (χ0) is 11.8. The molecule has 0 aliphatic heterocycles. The largest absolute Gasteiger partial charge is 0.354 e. The Bertz CT molecular complexity index is 586. The van der Waals surface area contributed by atoms with Crippen molar-refractivity contribution < 1.29 is 4.79 Å². The average molecular weight is 227 g/mol. The molecule has 0 radical (unpaired) electrons. The summed E-state index contributed by atoms with van der Waals surface area (Å²) in [4.78, 5) is 11.7. The van der Waals surface area contributed by atoms with Crippen LogP contribution in [0.25, 0.3) is 11.3 Å². The van der Waals surface area contributed by atoms with E-state index in [2.05, 4.69) is 27.6 Å². The number of hydrogen-bond acceptors (Lipinski definition) is 2. The summed E-state index contributed by atoms with van der Waals surface area (Å²) >= 11 is 0. The van der Waals surface area contributed by atoms with Crippen LogP contribution in [-0.2, 0) is 12.8 Å². The van der Waals surface area contributed by atoms with Gasteiger partial charge in [0, 0.05) is 18.2 Å². The second kappa shape index (κ2) is 3.73. The van der Waals surface area contributed by atoms with Crippen molar-refractivity contribution in [1.29, 1.82) is 0 Å². The topological polar surface area (TPSA) is 57.8 Å². The number of aromatic nitrogens is 2. The van der Waals surface area contributed by atoms with Gasteiger partial charge in [0.15, 0.2) is 0 Å². The first-order chi connectivity index (χ1) is 8.31. The Balaban J connectivity index is 2.16. The maximum Gasteiger partial charge on any atom is 0.269 e. The number of nitrogens with one attached hydrogen (secondary N) is 2. The molecular formula is C13H13N3O. The minimum Gasteiger partial charge on any atom is -0.354 e. The summed E-state index contributed by atoms with van der Waals surface area (Å²) in [5, 5.41) is 9.76. The highest BCUT2D eigenvalue weighted by atomic mass is 16.1. The lowest BCUT2D eigenvalue weighted by Gasteiger charge is -2.15. The van der Waals surface area contributed by atoms with E-state index in [0.717, 1.165) is 29.7 Å². The Kier molecular flexibility index (Phi) is 2.21. The molecule has 1 aromatic carbocycles. The molecule has 0 bridgehead atoms. The standard InChI is InChI=1S/C13H13N3O/c1-14-13(17)12-10-7-6-8-4-2-3-5-9(8)11(10)15-16-12/h2-5H,6-7H2,1H3,(H,14,17)(H,15,16). The Morgan fingerprint density at radius 1 is 1.35 bits per heavy atom. The van der Waals surface area contributed by atoms with Gasteiger partial charge in [-0.15, -0.1) is 0 Å². The average Bonchev–Trinajstić information content (AvgIpc) is 2.82. The molecule has 86 valence electrons. The fourth-order valence-corrected chi connectivity index (χ4v) is 2.37. The summed E-state index contributed by atoms with van der Waals surface area (Å²) in [6.07, 6.45) is 1.83. The molecule has 3 rings (SSSR count). The Labute approximate surface area is 99.1 Å². The molecule has 1 heterocycles. The number of hydrogen-bond donors (Lipinski definition) is 2. The second-order valence-electron chi connectivity index (χ2n) is 4.16. The van der Waals surface area contributed by atoms with Crippen molar-refractivity contribution in [3.63, 3.8) is 0 Å². The quantitative estimate of drug-likeness (QED) is 0.776. The first-order valence-electron chi connectivity index (χ1n) is 5.69. The van der Waals surface area contributed by atoms with Gasteiger partial charge in [0.25, 0.3) is 5.91 Å². The van der Waals surface area contributed by atoms with E-state index in [1.54, 1.807) is 7.05 Å². The highest BCUT2D eigenvalue weighted by Crippen LogP contribution is 2.33. The first kappa shape index (κ1) is 10.1. The number of fused-ring (bicyclic) bond motifs is 3. The van der Waals surface area contributed by atoms with Gasteiger partial charge in [-0.05, 0) is 18.4 Å². The second-order valence-corrected chi connectivity index (χ2v) is 4.16. The zero-order valence-corrected chi connectivity index (χ0v) is 9.58. The molecule has 0 fully saturated rings. The highest BCUT2D eigenvalue weighted by molar-refractivity contribution is 5.95. The molecule has 0 spiro atoms. The Morgan fingerprint density at radius 2 is 2.18 bits per heavy atom. The molecule has 1 amide bonds. The summed E-state index contributed by atoms with van der Waals surface area (Å²) in [5.41, 5.74) is 4.99. The van der Waals surface area contributed by atoms with Gasteiger partial charge in [0.05, 0.1) is 5.69 Å². The van der Waals surface area contributed by atoms with Crippen molar-refractivity contribution >= 4 is 5.91 Å². The zero-order valence-electron chi connectivity index (χ0n) is 9.58. The molecule has 4 nitrogen and oxygen atoms in total. The Morgan fingerprint density at radius 3 is 3.00 bits per heavy atom. The lowest BCUT2D eigenvalue weighted by molar-refractivity contribution is 0.0957. The molecule has 2 N–H and O–H groups in total. The lowest BCUT2D eigenvalue weighted by Crippen LogP contribution is -2.20. The summed E-state index contributed by atoms with van der Waals surface area (Å²) in [5.74, 6) is -0.0990. The van der Waals surface area contributed by atoms with Crippen LogP contribution < -0.4 is 5.32 Å². The minimum atomic E-state index is -0.0990. The fraction of sp³-hybridized carbons (Fsp3) is 0.231. The molecule has 0 saturated heterocycles. The number of H-pyrrole nitrogens is 1. The fourth-order valence-electron chi connectivity index (χ4n) is 2.37. The number of carbonyl (C=O) groups is 1. The lowest BCUT2D eigenvalue weighted by atomic mass is 9.89. The molecular weight excluding hydrogens is 214 g/mol. The van der Waals surface area contributed by atoms with E-state index >= 15 is 0 Å². The van der Waals surface area contributed by atoms with Crippen molar-refractivity contribution in [2.75, 3.05) is 7.05 Å². The number of nitrogens with zero attached hydrogens (tertiary/aromatic N) is 1. The highest BCUT2D eigenvalue weighted by Gasteiger charge is 2.24. The monoisotopic (exact) mass is 227 g/mol. The smallest absolute Gasteiger partial charge is 0.269 e. The summed E-state index contributed by atoms with van der Waals surface area (Å²) in [6, 6.07) is 8.21. The van der Waals surface area contributed by atoms with Crippen LogP contribution in [0.2, 0.25) is 0 Å². The third-order valence-corrected chi connectivity index (χ3v) is 3.24. The van der Waals surface area contributed by atoms with Gasteiger partial charge in [0.1, 0.15) is 5.69 Å². The molecule has 17 heavy (non-hydrogen) atoms. The minimum absolute atomic E-state index is 0.0990. The van der Waals surface area contributed by atoms with E-state index in [0.29, 0.717) is 5.69 Å². The van der Waals surface area contributed by atoms with E-state index in [-0.39, 0.29) is 5.91 Å². The number of carbonyl (C=O) groups excluding carboxylic acids is 1. The maximum atomic E-state index is 11.7. The van der Waals surface area contributed by atoms with E-state index in [1.165, 1.54) is 5.56 Å². The van der Waals surface area contributed by atoms with Crippen molar-refractivity contribution in [3.05, 3.63) is 41.1 Å². The van der Waals surface area contributed by atoms with Gasteiger partial charge in [-0.2, -0.15) is 5.10 Å². The van der Waals surface area contributed by atoms with Gasteiger partial charge in [0.2, 0.25) is 0 Å². The number of rotatable bonds is 1. The van der Waals surface area contributed by atoms with Crippen LogP contribution in [0.4, 0.5) is 0 Å². The van der Waals surface area contributed by atoms with Gasteiger partial charge in [-0.25, -0.2) is 0 Å². The predicted octanol–water partition coefficient (Wildman–Crippen LogP) is 1.53. The number of benzene rings is 1. The molecule has 1 aliphatic rings. The van der Waals surface area contributed by atoms with Crippen molar-refractivity contribution in [3.8, 4) is 11.3 Å². The summed E-state index contributed by atoms with van der Waals surface area (Å²) in [7, 11) is 1.63. The molecule has 0 unspecified atom stereocenters. The molecule has 2 aromatic rings. The van der Waals surface area contributed by atoms with Gasteiger partial charge in [-0.3, -0.25) is 9.89 Å². The number of amides is 1. The van der Waals surface area contributed by atoms with Crippen LogP contribution in [0.3, 0.4) is 0 Å². The van der Waals surface area contributed by atoms with Gasteiger partial charge in [-0.1, -0.05) is 24.3 Å². The van der Waals surface area contributed by atoms with E-state index in [9.17, 15) is 4.79 Å². The maximum absolute atomic E-state index is 11.7. The molecule has 0 atom stereocenters. The molecule has 1 aliphatic carbocycles. The van der Waals surface area contributed by atoms with Crippen LogP contribution in [0.1, 0.15) is 21.6 Å². The van der Waals surface area contributed by atoms with Crippen LogP contribution in [0.15, 0.2) is 24.3 Å². The molecule has 4 heteroatoms. The van der Waals surface area contributed by atoms with Crippen LogP contribution in [0, 0.1) is 0 Å². The van der Waals surface area contributed by atoms with Crippen molar-refractivity contribution in [2.24, 2.45) is 0 Å². The van der Waals surface area contributed by atoms with Crippen LogP contribution in [-0.4, -0.2) is 23.2 Å². The van der Waals surface area contributed by atoms with Crippen molar-refractivity contribution in [2.45, 2.75) is 12.8 Å². The van der Waals surface area contributed by atoms with E-state index < -0.39 is 0 Å². The predicted molar refractivity (Wildman–Crippen MR) is 64.8 cm³/mol. The SMILES string of the molecule is CNC(=O)c1[nH]nc2c1CCc1ccccc1-2. The normalized spacial score (nSPS) is 12.8. The molecule has 0 saturated carbocycles. The van der Waals surface area contributed by atoms with E-state index in [4.69, 9.17) is 0 Å². The summed E-state index contributed by atoms with van der Waals surface area (Å²) in [6.45, 7) is 0. The summed E-state index contributed by atoms with van der Waals surface area (Å²) < 4.78 is 0. The van der Waals surface area contributed by atoms with E-state index in [1.807, 2.05) is 12.1 Å². The van der Waals surface area contributed by atoms with Crippen LogP contribution in [0.5, 0.6) is 0 Å². The van der Waals surface area contributed by atoms with Gasteiger partial charge >= 0.3 is 0 Å². The van der Waals surface area contributed by atoms with Gasteiger partial charge < -0.3 is 5.32 Å². The third kappa shape index (κ3) is 1.45. The Hall–Kier alpha value is -2.10. The number of aryl methyl sites for hydroxylation is 1. The third-order valence-electron chi connectivity index (χ3n) is 3.24.